The lowest BCUT2D eigenvalue weighted by atomic mass is 9.72. The van der Waals surface area contributed by atoms with E-state index >= 15 is 0 Å². The van der Waals surface area contributed by atoms with E-state index in [1.807, 2.05) is 11.0 Å². The number of benzene rings is 1. The molecule has 0 aromatic heterocycles. The third-order valence-electron chi connectivity index (χ3n) is 5.74. The van der Waals surface area contributed by atoms with Crippen LogP contribution in [-0.2, 0) is 14.9 Å². The van der Waals surface area contributed by atoms with Gasteiger partial charge >= 0.3 is 0 Å². The zero-order valence-electron chi connectivity index (χ0n) is 14.0. The molecule has 0 saturated carbocycles. The number of nitrogens with zero attached hydrogens (tertiary/aromatic N) is 1. The monoisotopic (exact) mass is 316 g/mol. The normalized spacial score (nSPS) is 27.1. The van der Waals surface area contributed by atoms with Crippen molar-refractivity contribution in [3.63, 3.8) is 0 Å². The number of likely N-dealkylation sites (tertiary alicyclic amines) is 1. The second-order valence-corrected chi connectivity index (χ2v) is 6.89. The summed E-state index contributed by atoms with van der Waals surface area (Å²) in [4.78, 5) is 14.9. The van der Waals surface area contributed by atoms with Crippen molar-refractivity contribution in [3.8, 4) is 0 Å². The molecule has 4 nitrogen and oxygen atoms in total. The molecule has 4 heteroatoms. The van der Waals surface area contributed by atoms with Gasteiger partial charge in [0.1, 0.15) is 0 Å². The first kappa shape index (κ1) is 16.5. The van der Waals surface area contributed by atoms with Gasteiger partial charge in [-0.1, -0.05) is 37.3 Å². The van der Waals surface area contributed by atoms with Crippen molar-refractivity contribution in [1.82, 2.24) is 4.90 Å². The van der Waals surface area contributed by atoms with E-state index < -0.39 is 0 Å². The Morgan fingerprint density at radius 2 is 2.00 bits per heavy atom. The van der Waals surface area contributed by atoms with E-state index in [0.717, 1.165) is 45.4 Å². The molecule has 0 radical (unpaired) electrons. The largest absolute Gasteiger partial charge is 0.377 e. The predicted molar refractivity (Wildman–Crippen MR) is 91.1 cm³/mol. The van der Waals surface area contributed by atoms with Gasteiger partial charge in [0.25, 0.3) is 0 Å². The van der Waals surface area contributed by atoms with E-state index in [1.165, 1.54) is 5.56 Å². The number of hydrogen-bond donors (Lipinski definition) is 1. The fraction of sp³-hybridized carbons (Fsp3) is 0.632. The summed E-state index contributed by atoms with van der Waals surface area (Å²) in [6.07, 6.45) is 3.79. The minimum absolute atomic E-state index is 0.0222. The molecule has 2 aliphatic heterocycles. The molecule has 2 aliphatic rings. The highest BCUT2D eigenvalue weighted by atomic mass is 16.5. The summed E-state index contributed by atoms with van der Waals surface area (Å²) >= 11 is 0. The van der Waals surface area contributed by atoms with Crippen LogP contribution in [0.1, 0.15) is 38.2 Å². The fourth-order valence-electron chi connectivity index (χ4n) is 4.13. The highest BCUT2D eigenvalue weighted by molar-refractivity contribution is 5.80. The van der Waals surface area contributed by atoms with Crippen LogP contribution in [0, 0.1) is 5.92 Å². The van der Waals surface area contributed by atoms with Crippen LogP contribution in [0.15, 0.2) is 30.3 Å². The third-order valence-corrected chi connectivity index (χ3v) is 5.74. The van der Waals surface area contributed by atoms with E-state index in [9.17, 15) is 4.79 Å². The second-order valence-electron chi connectivity index (χ2n) is 6.89. The lowest BCUT2D eigenvalue weighted by Gasteiger charge is -2.42. The van der Waals surface area contributed by atoms with Gasteiger partial charge < -0.3 is 15.4 Å². The Kier molecular flexibility index (Phi) is 5.02. The van der Waals surface area contributed by atoms with Crippen LogP contribution in [0.4, 0.5) is 0 Å². The van der Waals surface area contributed by atoms with Crippen LogP contribution in [0.5, 0.6) is 0 Å². The molecule has 1 aromatic carbocycles. The minimum atomic E-state index is 0.0222. The molecule has 23 heavy (non-hydrogen) atoms. The minimum Gasteiger partial charge on any atom is -0.377 e. The Morgan fingerprint density at radius 1 is 1.30 bits per heavy atom. The molecule has 1 amide bonds. The summed E-state index contributed by atoms with van der Waals surface area (Å²) in [5, 5.41) is 0. The zero-order valence-corrected chi connectivity index (χ0v) is 14.0. The van der Waals surface area contributed by atoms with E-state index in [2.05, 4.69) is 31.2 Å². The standard InChI is InChI=1S/C19H28N2O2/c1-2-17-16(8-13-23-17)18(22)21-11-9-19(14-20,10-12-21)15-6-4-3-5-7-15/h3-7,16-17H,2,8-14,20H2,1H3/t16-,17+/m1/s1. The zero-order chi connectivity index (χ0) is 16.3. The van der Waals surface area contributed by atoms with Gasteiger partial charge in [0.15, 0.2) is 0 Å². The summed E-state index contributed by atoms with van der Waals surface area (Å²) in [6, 6.07) is 10.5. The SMILES string of the molecule is CC[C@@H]1OCC[C@H]1C(=O)N1CCC(CN)(c2ccccc2)CC1. The van der Waals surface area contributed by atoms with Gasteiger partial charge in [-0.3, -0.25) is 4.79 Å². The number of piperidine rings is 1. The van der Waals surface area contributed by atoms with Crippen molar-refractivity contribution in [1.29, 1.82) is 0 Å². The van der Waals surface area contributed by atoms with Gasteiger partial charge in [-0.05, 0) is 31.2 Å². The average molecular weight is 316 g/mol. The van der Waals surface area contributed by atoms with Crippen LogP contribution >= 0.6 is 0 Å². The quantitative estimate of drug-likeness (QED) is 0.927. The molecule has 2 fully saturated rings. The maximum atomic E-state index is 12.8. The van der Waals surface area contributed by atoms with E-state index in [0.29, 0.717) is 6.54 Å². The Labute approximate surface area is 139 Å². The van der Waals surface area contributed by atoms with Crippen LogP contribution in [-0.4, -0.2) is 43.2 Å². The number of amides is 1. The molecule has 3 rings (SSSR count). The third kappa shape index (κ3) is 3.15. The highest BCUT2D eigenvalue weighted by Gasteiger charge is 2.40. The van der Waals surface area contributed by atoms with Crippen LogP contribution in [0.2, 0.25) is 0 Å². The number of carbonyl (C=O) groups is 1. The molecule has 0 aliphatic carbocycles. The smallest absolute Gasteiger partial charge is 0.228 e. The van der Waals surface area contributed by atoms with Crippen LogP contribution < -0.4 is 5.73 Å². The number of nitrogens with two attached hydrogens (primary N) is 1. The summed E-state index contributed by atoms with van der Waals surface area (Å²) in [7, 11) is 0. The van der Waals surface area contributed by atoms with Crippen molar-refractivity contribution in [2.45, 2.75) is 44.1 Å². The van der Waals surface area contributed by atoms with Crippen LogP contribution in [0.3, 0.4) is 0 Å². The molecule has 1 aromatic rings. The Bertz CT molecular complexity index is 523. The fourth-order valence-corrected chi connectivity index (χ4v) is 4.13. The summed E-state index contributed by atoms with van der Waals surface area (Å²) in [6.45, 7) is 5.07. The number of ether oxygens (including phenoxy) is 1. The average Bonchev–Trinajstić information content (AvgIpc) is 3.10. The summed E-state index contributed by atoms with van der Waals surface area (Å²) in [5.74, 6) is 0.343. The van der Waals surface area contributed by atoms with Gasteiger partial charge in [0.05, 0.1) is 12.0 Å². The number of rotatable bonds is 4. The van der Waals surface area contributed by atoms with E-state index in [1.54, 1.807) is 0 Å². The molecule has 126 valence electrons. The maximum Gasteiger partial charge on any atom is 0.228 e. The molecule has 2 atom stereocenters. The van der Waals surface area contributed by atoms with Gasteiger partial charge in [-0.15, -0.1) is 0 Å². The highest BCUT2D eigenvalue weighted by Crippen LogP contribution is 2.36. The summed E-state index contributed by atoms with van der Waals surface area (Å²) < 4.78 is 5.69. The van der Waals surface area contributed by atoms with Crippen molar-refractivity contribution in [3.05, 3.63) is 35.9 Å². The Hall–Kier alpha value is -1.39. The first-order chi connectivity index (χ1) is 11.2. The van der Waals surface area contributed by atoms with E-state index in [-0.39, 0.29) is 23.3 Å². The van der Waals surface area contributed by atoms with Crippen molar-refractivity contribution < 1.29 is 9.53 Å². The van der Waals surface area contributed by atoms with E-state index in [4.69, 9.17) is 10.5 Å². The molecule has 0 bridgehead atoms. The molecule has 2 N–H and O–H groups in total. The second kappa shape index (κ2) is 7.02. The maximum absolute atomic E-state index is 12.8. The first-order valence-corrected chi connectivity index (χ1v) is 8.86. The molecular formula is C19H28N2O2. The topological polar surface area (TPSA) is 55.6 Å². The first-order valence-electron chi connectivity index (χ1n) is 8.86. The lowest BCUT2D eigenvalue weighted by Crippen LogP contribution is -2.50. The lowest BCUT2D eigenvalue weighted by molar-refractivity contribution is -0.139. The Morgan fingerprint density at radius 3 is 2.61 bits per heavy atom. The van der Waals surface area contributed by atoms with Gasteiger partial charge in [-0.2, -0.15) is 0 Å². The summed E-state index contributed by atoms with van der Waals surface area (Å²) in [5.41, 5.74) is 7.47. The van der Waals surface area contributed by atoms with Crippen molar-refractivity contribution >= 4 is 5.91 Å². The number of hydrogen-bond acceptors (Lipinski definition) is 3. The van der Waals surface area contributed by atoms with Gasteiger partial charge in [0, 0.05) is 31.7 Å². The van der Waals surface area contributed by atoms with Crippen LogP contribution in [0.25, 0.3) is 0 Å². The molecule has 2 saturated heterocycles. The molecular weight excluding hydrogens is 288 g/mol. The van der Waals surface area contributed by atoms with Gasteiger partial charge in [0.2, 0.25) is 5.91 Å². The molecule has 0 spiro atoms. The number of carbonyl (C=O) groups excluding carboxylic acids is 1. The van der Waals surface area contributed by atoms with Crippen molar-refractivity contribution in [2.75, 3.05) is 26.2 Å². The molecule has 2 heterocycles. The van der Waals surface area contributed by atoms with Crippen molar-refractivity contribution in [2.24, 2.45) is 11.7 Å². The van der Waals surface area contributed by atoms with Gasteiger partial charge in [-0.25, -0.2) is 0 Å². The molecule has 0 unspecified atom stereocenters. The Balaban J connectivity index is 1.67. The predicted octanol–water partition coefficient (Wildman–Crippen LogP) is 2.32.